The summed E-state index contributed by atoms with van der Waals surface area (Å²) in [5.74, 6) is 0.576. The van der Waals surface area contributed by atoms with Gasteiger partial charge in [0, 0.05) is 12.0 Å². The Morgan fingerprint density at radius 2 is 1.48 bits per heavy atom. The summed E-state index contributed by atoms with van der Waals surface area (Å²) < 4.78 is 5.13. The number of ether oxygens (including phenoxy) is 1. The van der Waals surface area contributed by atoms with Crippen LogP contribution in [0.25, 0.3) is 0 Å². The molecule has 4 amide bonds. The molecular weight excluding hydrogens is 398 g/mol. The molecular formula is C23H37N3O5. The first-order chi connectivity index (χ1) is 14.6. The molecule has 174 valence electrons. The van der Waals surface area contributed by atoms with Crippen molar-refractivity contribution in [2.24, 2.45) is 35.0 Å². The number of urea groups is 1. The summed E-state index contributed by atoms with van der Waals surface area (Å²) in [6.07, 6.45) is 6.46. The molecule has 31 heavy (non-hydrogen) atoms. The predicted molar refractivity (Wildman–Crippen MR) is 115 cm³/mol. The molecule has 0 heterocycles. The first-order valence-electron chi connectivity index (χ1n) is 11.6. The number of carbonyl (C=O) groups excluding carboxylic acids is 4. The second-order valence-corrected chi connectivity index (χ2v) is 10.7. The summed E-state index contributed by atoms with van der Waals surface area (Å²) in [6.45, 7) is 7.42. The van der Waals surface area contributed by atoms with Crippen LogP contribution in [-0.4, -0.2) is 43.0 Å². The number of hydrogen-bond donors (Lipinski definition) is 3. The molecule has 4 aliphatic rings. The van der Waals surface area contributed by atoms with Gasteiger partial charge in [0.05, 0.1) is 0 Å². The van der Waals surface area contributed by atoms with Crippen LogP contribution in [0.3, 0.4) is 0 Å². The zero-order chi connectivity index (χ0) is 22.8. The van der Waals surface area contributed by atoms with Gasteiger partial charge in [-0.3, -0.25) is 14.9 Å². The van der Waals surface area contributed by atoms with Gasteiger partial charge in [-0.15, -0.1) is 0 Å². The lowest BCUT2D eigenvalue weighted by atomic mass is 9.49. The average Bonchev–Trinajstić information content (AvgIpc) is 2.67. The van der Waals surface area contributed by atoms with Gasteiger partial charge >= 0.3 is 12.0 Å². The second kappa shape index (κ2) is 9.57. The maximum Gasteiger partial charge on any atom is 0.329 e. The van der Waals surface area contributed by atoms with Crippen molar-refractivity contribution >= 4 is 23.8 Å². The van der Waals surface area contributed by atoms with Gasteiger partial charge in [-0.25, -0.2) is 9.59 Å². The first-order valence-corrected chi connectivity index (χ1v) is 11.6. The summed E-state index contributed by atoms with van der Waals surface area (Å²) in [5, 5.41) is 7.64. The first kappa shape index (κ1) is 23.5. The highest BCUT2D eigenvalue weighted by molar-refractivity contribution is 5.96. The highest BCUT2D eigenvalue weighted by Gasteiger charge is 2.55. The number of hydrogen-bond acceptors (Lipinski definition) is 5. The van der Waals surface area contributed by atoms with E-state index in [2.05, 4.69) is 16.0 Å². The van der Waals surface area contributed by atoms with Crippen LogP contribution in [-0.2, 0) is 19.1 Å². The fourth-order valence-corrected chi connectivity index (χ4v) is 5.91. The van der Waals surface area contributed by atoms with Crippen LogP contribution in [0.2, 0.25) is 0 Å². The highest BCUT2D eigenvalue weighted by atomic mass is 16.5. The van der Waals surface area contributed by atoms with Crippen LogP contribution in [0.1, 0.15) is 66.2 Å². The van der Waals surface area contributed by atoms with Crippen molar-refractivity contribution in [3.05, 3.63) is 0 Å². The summed E-state index contributed by atoms with van der Waals surface area (Å²) >= 11 is 0. The Labute approximate surface area is 184 Å². The lowest BCUT2D eigenvalue weighted by molar-refractivity contribution is -0.157. The van der Waals surface area contributed by atoms with Crippen molar-refractivity contribution in [2.75, 3.05) is 13.2 Å². The summed E-state index contributed by atoms with van der Waals surface area (Å²) in [5.41, 5.74) is -0.353. The molecule has 4 aliphatic carbocycles. The van der Waals surface area contributed by atoms with Crippen LogP contribution >= 0.6 is 0 Å². The van der Waals surface area contributed by atoms with Gasteiger partial charge in [0.25, 0.3) is 5.91 Å². The van der Waals surface area contributed by atoms with Crippen molar-refractivity contribution < 1.29 is 23.9 Å². The van der Waals surface area contributed by atoms with Gasteiger partial charge < -0.3 is 15.4 Å². The molecule has 1 atom stereocenters. The third-order valence-corrected chi connectivity index (χ3v) is 7.00. The minimum Gasteiger partial charge on any atom is -0.454 e. The maximum atomic E-state index is 13.3. The molecule has 0 aromatic heterocycles. The van der Waals surface area contributed by atoms with Crippen LogP contribution in [0.5, 0.6) is 0 Å². The van der Waals surface area contributed by atoms with E-state index in [0.29, 0.717) is 24.3 Å². The van der Waals surface area contributed by atoms with E-state index >= 15 is 0 Å². The predicted octanol–water partition coefficient (Wildman–Crippen LogP) is 2.37. The Morgan fingerprint density at radius 1 is 0.935 bits per heavy atom. The Bertz CT molecular complexity index is 683. The van der Waals surface area contributed by atoms with Crippen LogP contribution in [0.4, 0.5) is 4.79 Å². The van der Waals surface area contributed by atoms with E-state index in [4.69, 9.17) is 4.74 Å². The smallest absolute Gasteiger partial charge is 0.329 e. The Hall–Kier alpha value is -2.12. The second-order valence-electron chi connectivity index (χ2n) is 10.7. The van der Waals surface area contributed by atoms with Gasteiger partial charge in [0.2, 0.25) is 5.91 Å². The van der Waals surface area contributed by atoms with Crippen LogP contribution < -0.4 is 16.0 Å². The monoisotopic (exact) mass is 435 g/mol. The maximum absolute atomic E-state index is 13.3. The largest absolute Gasteiger partial charge is 0.454 e. The third kappa shape index (κ3) is 5.77. The van der Waals surface area contributed by atoms with E-state index in [0.717, 1.165) is 19.3 Å². The average molecular weight is 436 g/mol. The quantitative estimate of drug-likeness (QED) is 0.507. The molecule has 8 nitrogen and oxygen atoms in total. The molecule has 4 bridgehead atoms. The van der Waals surface area contributed by atoms with Gasteiger partial charge in [-0.05, 0) is 68.1 Å². The number of imide groups is 1. The Morgan fingerprint density at radius 3 is 1.97 bits per heavy atom. The lowest BCUT2D eigenvalue weighted by Crippen LogP contribution is -2.57. The fourth-order valence-electron chi connectivity index (χ4n) is 5.91. The Kier molecular flexibility index (Phi) is 7.27. The van der Waals surface area contributed by atoms with Crippen molar-refractivity contribution in [1.82, 2.24) is 16.0 Å². The molecule has 4 rings (SSSR count). The van der Waals surface area contributed by atoms with Gasteiger partial charge in [-0.1, -0.05) is 27.7 Å². The summed E-state index contributed by atoms with van der Waals surface area (Å²) in [7, 11) is 0. The normalized spacial score (nSPS) is 29.5. The zero-order valence-electron chi connectivity index (χ0n) is 19.2. The van der Waals surface area contributed by atoms with Crippen molar-refractivity contribution in [1.29, 1.82) is 0 Å². The van der Waals surface area contributed by atoms with Crippen LogP contribution in [0.15, 0.2) is 0 Å². The number of nitrogens with one attached hydrogen (secondary N) is 3. The number of esters is 1. The molecule has 0 aromatic carbocycles. The standard InChI is InChI=1S/C23H37N3O5/c1-13(2)11-24-22(30)25-18(27)12-31-20(28)19(14(3)4)26-21(29)23-8-15-5-16(9-23)7-17(6-15)10-23/h13-17,19H,5-12H2,1-4H3,(H,26,29)(H2,24,25,27,30)/t15?,16?,17?,19-,23?/m0/s1. The number of amides is 4. The molecule has 0 radical (unpaired) electrons. The lowest BCUT2D eigenvalue weighted by Gasteiger charge is -2.55. The fraction of sp³-hybridized carbons (Fsp3) is 0.826. The molecule has 0 saturated heterocycles. The molecule has 4 fully saturated rings. The van der Waals surface area contributed by atoms with Crippen molar-refractivity contribution in [2.45, 2.75) is 72.3 Å². The number of carbonyl (C=O) groups is 4. The van der Waals surface area contributed by atoms with E-state index in [-0.39, 0.29) is 23.2 Å². The molecule has 0 spiro atoms. The highest BCUT2D eigenvalue weighted by Crippen LogP contribution is 2.60. The summed E-state index contributed by atoms with van der Waals surface area (Å²) in [6, 6.07) is -1.44. The number of rotatable bonds is 8. The molecule has 3 N–H and O–H groups in total. The molecule has 0 unspecified atom stereocenters. The van der Waals surface area contributed by atoms with E-state index in [1.165, 1.54) is 19.3 Å². The van der Waals surface area contributed by atoms with Gasteiger partial charge in [0.15, 0.2) is 6.61 Å². The zero-order valence-corrected chi connectivity index (χ0v) is 19.2. The minimum atomic E-state index is -0.817. The van der Waals surface area contributed by atoms with E-state index in [1.807, 2.05) is 27.7 Å². The molecule has 0 aliphatic heterocycles. The minimum absolute atomic E-state index is 0.0419. The van der Waals surface area contributed by atoms with Gasteiger partial charge in [-0.2, -0.15) is 0 Å². The van der Waals surface area contributed by atoms with E-state index < -0.39 is 30.6 Å². The van der Waals surface area contributed by atoms with E-state index in [9.17, 15) is 19.2 Å². The molecule has 4 saturated carbocycles. The van der Waals surface area contributed by atoms with E-state index in [1.54, 1.807) is 0 Å². The van der Waals surface area contributed by atoms with Crippen molar-refractivity contribution in [3.63, 3.8) is 0 Å². The Balaban J connectivity index is 1.51. The molecule has 0 aromatic rings. The SMILES string of the molecule is CC(C)CNC(=O)NC(=O)COC(=O)[C@@H](NC(=O)C12CC3CC(CC(C3)C1)C2)C(C)C. The van der Waals surface area contributed by atoms with Crippen LogP contribution in [0, 0.1) is 35.0 Å². The molecule has 8 heteroatoms. The topological polar surface area (TPSA) is 114 Å². The van der Waals surface area contributed by atoms with Gasteiger partial charge in [0.1, 0.15) is 6.04 Å². The third-order valence-electron chi connectivity index (χ3n) is 7.00. The summed E-state index contributed by atoms with van der Waals surface area (Å²) in [4.78, 5) is 49.5. The van der Waals surface area contributed by atoms with Crippen molar-refractivity contribution in [3.8, 4) is 0 Å².